The summed E-state index contributed by atoms with van der Waals surface area (Å²) in [6, 6.07) is 8.37. The van der Waals surface area contributed by atoms with Crippen LogP contribution in [0.3, 0.4) is 0 Å². The highest BCUT2D eigenvalue weighted by Gasteiger charge is 2.32. The van der Waals surface area contributed by atoms with Crippen LogP contribution in [0, 0.1) is 0 Å². The summed E-state index contributed by atoms with van der Waals surface area (Å²) in [6.45, 7) is 0. The highest BCUT2D eigenvalue weighted by Crippen LogP contribution is 2.26. The molecule has 1 aromatic carbocycles. The number of aldehydes is 1. The fourth-order valence-corrected chi connectivity index (χ4v) is 2.13. The van der Waals surface area contributed by atoms with Gasteiger partial charge in [-0.1, -0.05) is 24.3 Å². The summed E-state index contributed by atoms with van der Waals surface area (Å²) in [5.41, 5.74) is 2.37. The Morgan fingerprint density at radius 1 is 1.36 bits per heavy atom. The number of fused-ring (bicyclic) bond motifs is 1. The molecule has 1 aliphatic carbocycles. The molecule has 2 rings (SSSR count). The second-order valence-corrected chi connectivity index (χ2v) is 3.97. The molecule has 0 heterocycles. The van der Waals surface area contributed by atoms with Gasteiger partial charge in [0.15, 0.2) is 0 Å². The van der Waals surface area contributed by atoms with Crippen molar-refractivity contribution in [3.8, 4) is 0 Å². The summed E-state index contributed by atoms with van der Waals surface area (Å²) in [5.74, 6) is 0. The van der Waals surface area contributed by atoms with Crippen LogP contribution in [0.1, 0.15) is 17.5 Å². The van der Waals surface area contributed by atoms with Crippen LogP contribution in [0.15, 0.2) is 24.3 Å². The molecule has 0 saturated heterocycles. The van der Waals surface area contributed by atoms with Crippen molar-refractivity contribution in [3.63, 3.8) is 0 Å². The van der Waals surface area contributed by atoms with E-state index in [1.54, 1.807) is 0 Å². The van der Waals surface area contributed by atoms with Gasteiger partial charge in [-0.25, -0.2) is 0 Å². The molecule has 2 nitrogen and oxygen atoms in total. The zero-order chi connectivity index (χ0) is 10.0. The fraction of sp³-hybridized carbons (Fsp3) is 0.417. The van der Waals surface area contributed by atoms with E-state index in [-0.39, 0.29) is 5.54 Å². The molecule has 0 amide bonds. The minimum Gasteiger partial charge on any atom is -0.308 e. The van der Waals surface area contributed by atoms with Crippen LogP contribution in [0.5, 0.6) is 0 Å². The molecule has 1 atom stereocenters. The number of carbonyl (C=O) groups is 1. The Morgan fingerprint density at radius 3 is 2.71 bits per heavy atom. The summed E-state index contributed by atoms with van der Waals surface area (Å²) in [7, 11) is 1.86. The van der Waals surface area contributed by atoms with Gasteiger partial charge in [-0.05, 0) is 37.4 Å². The SMILES string of the molecule is CNC1(C=O)CCc2ccccc2C1. The van der Waals surface area contributed by atoms with Crippen LogP contribution in [0.2, 0.25) is 0 Å². The number of hydrogen-bond acceptors (Lipinski definition) is 2. The molecule has 0 bridgehead atoms. The van der Waals surface area contributed by atoms with Gasteiger partial charge in [-0.15, -0.1) is 0 Å². The molecule has 0 saturated carbocycles. The normalized spacial score (nSPS) is 25.5. The maximum atomic E-state index is 11.1. The van der Waals surface area contributed by atoms with Gasteiger partial charge in [0.25, 0.3) is 0 Å². The number of aryl methyl sites for hydroxylation is 1. The van der Waals surface area contributed by atoms with E-state index >= 15 is 0 Å². The first-order chi connectivity index (χ1) is 6.79. The van der Waals surface area contributed by atoms with Crippen LogP contribution < -0.4 is 5.32 Å². The molecular weight excluding hydrogens is 174 g/mol. The van der Waals surface area contributed by atoms with Crippen molar-refractivity contribution in [2.24, 2.45) is 0 Å². The summed E-state index contributed by atoms with van der Waals surface area (Å²) in [4.78, 5) is 11.1. The summed E-state index contributed by atoms with van der Waals surface area (Å²) >= 11 is 0. The Labute approximate surface area is 84.3 Å². The van der Waals surface area contributed by atoms with Crippen LogP contribution >= 0.6 is 0 Å². The molecule has 2 heteroatoms. The van der Waals surface area contributed by atoms with Gasteiger partial charge in [-0.2, -0.15) is 0 Å². The standard InChI is InChI=1S/C12H15NO/c1-13-12(9-14)7-6-10-4-2-3-5-11(10)8-12/h2-5,9,13H,6-8H2,1H3. The third kappa shape index (κ3) is 1.46. The second kappa shape index (κ2) is 3.54. The Hall–Kier alpha value is -1.15. The number of carbonyl (C=O) groups excluding carboxylic acids is 1. The van der Waals surface area contributed by atoms with E-state index in [1.165, 1.54) is 11.1 Å². The Balaban J connectivity index is 2.32. The lowest BCUT2D eigenvalue weighted by Crippen LogP contribution is -2.49. The first kappa shape index (κ1) is 9.41. The van der Waals surface area contributed by atoms with Gasteiger partial charge in [0.2, 0.25) is 0 Å². The topological polar surface area (TPSA) is 29.1 Å². The number of likely N-dealkylation sites (N-methyl/N-ethyl adjacent to an activating group) is 1. The van der Waals surface area contributed by atoms with E-state index in [0.717, 1.165) is 25.5 Å². The predicted molar refractivity (Wildman–Crippen MR) is 56.3 cm³/mol. The average Bonchev–Trinajstić information content (AvgIpc) is 2.28. The number of rotatable bonds is 2. The van der Waals surface area contributed by atoms with E-state index in [4.69, 9.17) is 0 Å². The smallest absolute Gasteiger partial charge is 0.140 e. The summed E-state index contributed by atoms with van der Waals surface area (Å²) in [5, 5.41) is 3.14. The van der Waals surface area contributed by atoms with Crippen molar-refractivity contribution in [1.82, 2.24) is 5.32 Å². The lowest BCUT2D eigenvalue weighted by Gasteiger charge is -2.33. The zero-order valence-corrected chi connectivity index (χ0v) is 8.42. The van der Waals surface area contributed by atoms with Gasteiger partial charge in [-0.3, -0.25) is 0 Å². The quantitative estimate of drug-likeness (QED) is 0.711. The predicted octanol–water partition coefficient (Wildman–Crippen LogP) is 1.33. The molecule has 14 heavy (non-hydrogen) atoms. The Bertz CT molecular complexity index is 348. The molecule has 0 aromatic heterocycles. The van der Waals surface area contributed by atoms with E-state index in [1.807, 2.05) is 13.1 Å². The fourth-order valence-electron chi connectivity index (χ4n) is 2.13. The van der Waals surface area contributed by atoms with Crippen molar-refractivity contribution in [2.45, 2.75) is 24.8 Å². The Morgan fingerprint density at radius 2 is 2.07 bits per heavy atom. The number of benzene rings is 1. The van der Waals surface area contributed by atoms with E-state index in [2.05, 4.69) is 23.5 Å². The molecule has 0 fully saturated rings. The number of nitrogens with one attached hydrogen (secondary N) is 1. The van der Waals surface area contributed by atoms with Crippen molar-refractivity contribution in [1.29, 1.82) is 0 Å². The first-order valence-electron chi connectivity index (χ1n) is 5.02. The maximum Gasteiger partial charge on any atom is 0.140 e. The van der Waals surface area contributed by atoms with Crippen molar-refractivity contribution >= 4 is 6.29 Å². The van der Waals surface area contributed by atoms with E-state index in [0.29, 0.717) is 0 Å². The molecule has 1 aromatic rings. The summed E-state index contributed by atoms with van der Waals surface area (Å²) < 4.78 is 0. The van der Waals surface area contributed by atoms with Crippen LogP contribution in [0.4, 0.5) is 0 Å². The third-order valence-corrected chi connectivity index (χ3v) is 3.19. The monoisotopic (exact) mass is 189 g/mol. The van der Waals surface area contributed by atoms with Gasteiger partial charge < -0.3 is 10.1 Å². The van der Waals surface area contributed by atoms with Crippen LogP contribution in [0.25, 0.3) is 0 Å². The van der Waals surface area contributed by atoms with Crippen LogP contribution in [-0.2, 0) is 17.6 Å². The second-order valence-electron chi connectivity index (χ2n) is 3.97. The van der Waals surface area contributed by atoms with E-state index in [9.17, 15) is 4.79 Å². The van der Waals surface area contributed by atoms with Crippen LogP contribution in [-0.4, -0.2) is 18.9 Å². The highest BCUT2D eigenvalue weighted by molar-refractivity contribution is 5.66. The van der Waals surface area contributed by atoms with Crippen molar-refractivity contribution in [3.05, 3.63) is 35.4 Å². The molecule has 1 N–H and O–H groups in total. The van der Waals surface area contributed by atoms with E-state index < -0.39 is 0 Å². The maximum absolute atomic E-state index is 11.1. The van der Waals surface area contributed by atoms with Gasteiger partial charge in [0.1, 0.15) is 6.29 Å². The average molecular weight is 189 g/mol. The number of hydrogen-bond donors (Lipinski definition) is 1. The first-order valence-corrected chi connectivity index (χ1v) is 5.02. The van der Waals surface area contributed by atoms with Crippen molar-refractivity contribution < 1.29 is 4.79 Å². The van der Waals surface area contributed by atoms with Gasteiger partial charge in [0.05, 0.1) is 5.54 Å². The third-order valence-electron chi connectivity index (χ3n) is 3.19. The largest absolute Gasteiger partial charge is 0.308 e. The van der Waals surface area contributed by atoms with Crippen molar-refractivity contribution in [2.75, 3.05) is 7.05 Å². The highest BCUT2D eigenvalue weighted by atomic mass is 16.1. The lowest BCUT2D eigenvalue weighted by molar-refractivity contribution is -0.113. The molecule has 0 radical (unpaired) electrons. The minimum atomic E-state index is -0.325. The molecule has 0 aliphatic heterocycles. The zero-order valence-electron chi connectivity index (χ0n) is 8.42. The molecular formula is C12H15NO. The molecule has 1 unspecified atom stereocenters. The summed E-state index contributed by atoms with van der Waals surface area (Å²) in [6.07, 6.45) is 3.78. The lowest BCUT2D eigenvalue weighted by atomic mass is 9.79. The molecule has 74 valence electrons. The molecule has 0 spiro atoms. The van der Waals surface area contributed by atoms with Gasteiger partial charge in [0, 0.05) is 0 Å². The minimum absolute atomic E-state index is 0.325. The van der Waals surface area contributed by atoms with Gasteiger partial charge >= 0.3 is 0 Å². The Kier molecular flexibility index (Phi) is 2.38. The molecule has 1 aliphatic rings.